The van der Waals surface area contributed by atoms with E-state index in [1.807, 2.05) is 74.5 Å². The molecule has 0 bridgehead atoms. The molecule has 0 unspecified atom stereocenters. The molecule has 0 amide bonds. The highest BCUT2D eigenvalue weighted by Gasteiger charge is 2.17. The number of benzene rings is 3. The van der Waals surface area contributed by atoms with E-state index >= 15 is 0 Å². The van der Waals surface area contributed by atoms with Crippen LogP contribution < -0.4 is 4.74 Å². The number of carbonyl (C=O) groups is 1. The summed E-state index contributed by atoms with van der Waals surface area (Å²) in [5.74, 6) is 0.643. The van der Waals surface area contributed by atoms with E-state index in [1.165, 1.54) is 7.11 Å². The number of esters is 1. The molecule has 0 heterocycles. The van der Waals surface area contributed by atoms with Crippen LogP contribution in [-0.2, 0) is 20.9 Å². The summed E-state index contributed by atoms with van der Waals surface area (Å²) < 4.78 is 16.5. The van der Waals surface area contributed by atoms with E-state index in [4.69, 9.17) is 14.2 Å². The summed E-state index contributed by atoms with van der Waals surface area (Å²) in [5, 5.41) is 10.5. The van der Waals surface area contributed by atoms with Gasteiger partial charge in [0.15, 0.2) is 0 Å². The van der Waals surface area contributed by atoms with Gasteiger partial charge in [0.2, 0.25) is 0 Å². The monoisotopic (exact) mass is 434 g/mol. The minimum absolute atomic E-state index is 0.161. The summed E-state index contributed by atoms with van der Waals surface area (Å²) in [6.45, 7) is 6.68. The van der Waals surface area contributed by atoms with E-state index in [1.54, 1.807) is 0 Å². The molecule has 0 spiro atoms. The fourth-order valence-corrected chi connectivity index (χ4v) is 3.73. The molecule has 3 aromatic carbocycles. The van der Waals surface area contributed by atoms with Gasteiger partial charge in [-0.25, -0.2) is 0 Å². The average molecular weight is 435 g/mol. The summed E-state index contributed by atoms with van der Waals surface area (Å²) in [6.07, 6.45) is -0.195. The first kappa shape index (κ1) is 23.4. The third kappa shape index (κ3) is 5.48. The maximum Gasteiger partial charge on any atom is 0.308 e. The maximum atomic E-state index is 11.7. The van der Waals surface area contributed by atoms with Crippen molar-refractivity contribution in [1.82, 2.24) is 0 Å². The highest BCUT2D eigenvalue weighted by molar-refractivity contribution is 5.72. The van der Waals surface area contributed by atoms with Crippen molar-refractivity contribution >= 4 is 5.97 Å². The van der Waals surface area contributed by atoms with Crippen molar-refractivity contribution in [3.63, 3.8) is 0 Å². The molecular weight excluding hydrogens is 404 g/mol. The Bertz CT molecular complexity index is 1040. The van der Waals surface area contributed by atoms with Crippen molar-refractivity contribution in [3.8, 4) is 22.6 Å². The molecule has 5 heteroatoms. The van der Waals surface area contributed by atoms with Crippen LogP contribution in [0, 0.1) is 13.8 Å². The molecule has 1 N–H and O–H groups in total. The van der Waals surface area contributed by atoms with Crippen molar-refractivity contribution < 1.29 is 24.1 Å². The molecule has 32 heavy (non-hydrogen) atoms. The molecule has 3 rings (SSSR count). The van der Waals surface area contributed by atoms with Gasteiger partial charge in [-0.3, -0.25) is 4.79 Å². The lowest BCUT2D eigenvalue weighted by molar-refractivity contribution is -0.143. The van der Waals surface area contributed by atoms with Crippen LogP contribution in [0.15, 0.2) is 60.7 Å². The maximum absolute atomic E-state index is 11.7. The van der Waals surface area contributed by atoms with E-state index in [2.05, 4.69) is 6.92 Å². The normalized spacial score (nSPS) is 11.8. The third-order valence-electron chi connectivity index (χ3n) is 5.64. The summed E-state index contributed by atoms with van der Waals surface area (Å²) in [5.41, 5.74) is 5.79. The lowest BCUT2D eigenvalue weighted by Crippen LogP contribution is -2.12. The largest absolute Gasteiger partial charge is 0.508 e. The first-order valence-electron chi connectivity index (χ1n) is 10.7. The molecular formula is C27H30O5. The second-order valence-electron chi connectivity index (χ2n) is 7.62. The smallest absolute Gasteiger partial charge is 0.308 e. The summed E-state index contributed by atoms with van der Waals surface area (Å²) >= 11 is 0. The molecule has 0 aliphatic rings. The van der Waals surface area contributed by atoms with Crippen molar-refractivity contribution in [2.24, 2.45) is 0 Å². The summed E-state index contributed by atoms with van der Waals surface area (Å²) in [6, 6.07) is 19.3. The van der Waals surface area contributed by atoms with Gasteiger partial charge in [-0.1, -0.05) is 42.5 Å². The number of ether oxygens (including phenoxy) is 3. The van der Waals surface area contributed by atoms with E-state index < -0.39 is 0 Å². The molecule has 0 aliphatic heterocycles. The SMILES string of the molecule is CCO[C@@H](CC(=O)OC)c1ccc(OCc2c(C)c(O)cc(-c3ccccc3)c2C)cc1. The van der Waals surface area contributed by atoms with Crippen molar-refractivity contribution in [2.75, 3.05) is 13.7 Å². The third-order valence-corrected chi connectivity index (χ3v) is 5.64. The summed E-state index contributed by atoms with van der Waals surface area (Å²) in [7, 11) is 1.37. The minimum Gasteiger partial charge on any atom is -0.508 e. The number of aromatic hydroxyl groups is 1. The number of rotatable bonds is 9. The number of phenolic OH excluding ortho intramolecular Hbond substituents is 1. The van der Waals surface area contributed by atoms with Crippen molar-refractivity contribution in [2.45, 2.75) is 39.9 Å². The van der Waals surface area contributed by atoms with Gasteiger partial charge in [-0.2, -0.15) is 0 Å². The zero-order valence-corrected chi connectivity index (χ0v) is 19.1. The van der Waals surface area contributed by atoms with Crippen LogP contribution in [0.25, 0.3) is 11.1 Å². The van der Waals surface area contributed by atoms with Gasteiger partial charge >= 0.3 is 5.97 Å². The first-order valence-corrected chi connectivity index (χ1v) is 10.7. The number of hydrogen-bond acceptors (Lipinski definition) is 5. The predicted molar refractivity (Wildman–Crippen MR) is 125 cm³/mol. The van der Waals surface area contributed by atoms with Gasteiger partial charge < -0.3 is 19.3 Å². The van der Waals surface area contributed by atoms with Crippen molar-refractivity contribution in [3.05, 3.63) is 82.9 Å². The Morgan fingerprint density at radius 2 is 1.69 bits per heavy atom. The van der Waals surface area contributed by atoms with Crippen LogP contribution in [0.2, 0.25) is 0 Å². The van der Waals surface area contributed by atoms with Crippen LogP contribution in [0.5, 0.6) is 11.5 Å². The van der Waals surface area contributed by atoms with Gasteiger partial charge in [0, 0.05) is 6.61 Å². The first-order chi connectivity index (χ1) is 15.4. The van der Waals surface area contributed by atoms with E-state index in [0.717, 1.165) is 33.4 Å². The Kier molecular flexibility index (Phi) is 7.90. The van der Waals surface area contributed by atoms with Crippen LogP contribution in [0.1, 0.15) is 41.7 Å². The second kappa shape index (κ2) is 10.8. The lowest BCUT2D eigenvalue weighted by atomic mass is 9.93. The van der Waals surface area contributed by atoms with Crippen LogP contribution in [0.3, 0.4) is 0 Å². The summed E-state index contributed by atoms with van der Waals surface area (Å²) in [4.78, 5) is 11.7. The molecule has 3 aromatic rings. The Morgan fingerprint density at radius 3 is 2.31 bits per heavy atom. The second-order valence-corrected chi connectivity index (χ2v) is 7.62. The van der Waals surface area contributed by atoms with Crippen LogP contribution in [-0.4, -0.2) is 24.8 Å². The van der Waals surface area contributed by atoms with Crippen molar-refractivity contribution in [1.29, 1.82) is 0 Å². The molecule has 0 radical (unpaired) electrons. The molecule has 5 nitrogen and oxygen atoms in total. The number of carbonyl (C=O) groups excluding carboxylic acids is 1. The van der Waals surface area contributed by atoms with Gasteiger partial charge in [-0.05, 0) is 72.4 Å². The van der Waals surface area contributed by atoms with Crippen LogP contribution in [0.4, 0.5) is 0 Å². The minimum atomic E-state index is -0.356. The van der Waals surface area contributed by atoms with Gasteiger partial charge in [0.05, 0.1) is 19.6 Å². The highest BCUT2D eigenvalue weighted by Crippen LogP contribution is 2.34. The van der Waals surface area contributed by atoms with E-state index in [-0.39, 0.29) is 24.2 Å². The molecule has 0 aliphatic carbocycles. The fraction of sp³-hybridized carbons (Fsp3) is 0.296. The topological polar surface area (TPSA) is 65.0 Å². The Labute approximate surface area is 189 Å². The van der Waals surface area contributed by atoms with E-state index in [0.29, 0.717) is 19.0 Å². The van der Waals surface area contributed by atoms with Gasteiger partial charge in [0.25, 0.3) is 0 Å². The fourth-order valence-electron chi connectivity index (χ4n) is 3.73. The lowest BCUT2D eigenvalue weighted by Gasteiger charge is -2.18. The molecule has 168 valence electrons. The Morgan fingerprint density at radius 1 is 1.00 bits per heavy atom. The Hall–Kier alpha value is -3.31. The molecule has 0 saturated carbocycles. The number of hydrogen-bond donors (Lipinski definition) is 1. The van der Waals surface area contributed by atoms with Crippen LogP contribution >= 0.6 is 0 Å². The number of phenols is 1. The molecule has 0 saturated heterocycles. The molecule has 0 aromatic heterocycles. The molecule has 1 atom stereocenters. The average Bonchev–Trinajstić information content (AvgIpc) is 2.82. The quantitative estimate of drug-likeness (QED) is 0.425. The number of methoxy groups -OCH3 is 1. The zero-order chi connectivity index (χ0) is 23.1. The van der Waals surface area contributed by atoms with E-state index in [9.17, 15) is 9.90 Å². The zero-order valence-electron chi connectivity index (χ0n) is 19.1. The van der Waals surface area contributed by atoms with Gasteiger partial charge in [0.1, 0.15) is 18.1 Å². The molecule has 0 fully saturated rings. The van der Waals surface area contributed by atoms with Gasteiger partial charge in [-0.15, -0.1) is 0 Å². The Balaban J connectivity index is 1.78. The standard InChI is InChI=1S/C27H30O5/c1-5-31-26(16-27(29)30-4)21-11-13-22(14-12-21)32-17-24-18(2)23(15-25(28)19(24)3)20-9-7-6-8-10-20/h6-15,26,28H,5,16-17H2,1-4H3/t26-/m0/s1. The predicted octanol–water partition coefficient (Wildman–Crippen LogP) is 5.90. The highest BCUT2D eigenvalue weighted by atomic mass is 16.5.